The minimum Gasteiger partial charge on any atom is -0.503 e. The highest BCUT2D eigenvalue weighted by molar-refractivity contribution is 6.09. The van der Waals surface area contributed by atoms with Gasteiger partial charge in [0.25, 0.3) is 5.91 Å². The first kappa shape index (κ1) is 21.6. The molecule has 6 heteroatoms. The molecule has 0 saturated carbocycles. The first-order chi connectivity index (χ1) is 14.4. The van der Waals surface area contributed by atoms with Crippen molar-refractivity contribution in [3.63, 3.8) is 0 Å². The molecule has 6 nitrogen and oxygen atoms in total. The van der Waals surface area contributed by atoms with Gasteiger partial charge in [-0.05, 0) is 43.8 Å². The number of benzene rings is 2. The second-order valence-electron chi connectivity index (χ2n) is 7.65. The Labute approximate surface area is 177 Å². The van der Waals surface area contributed by atoms with Crippen LogP contribution in [0.25, 0.3) is 0 Å². The summed E-state index contributed by atoms with van der Waals surface area (Å²) in [6.45, 7) is 1.03. The van der Waals surface area contributed by atoms with Crippen LogP contribution in [-0.2, 0) is 16.0 Å². The van der Waals surface area contributed by atoms with Gasteiger partial charge in [0.1, 0.15) is 5.75 Å². The molecule has 0 spiro atoms. The second-order valence-corrected chi connectivity index (χ2v) is 7.65. The van der Waals surface area contributed by atoms with Crippen LogP contribution < -0.4 is 4.74 Å². The van der Waals surface area contributed by atoms with Crippen molar-refractivity contribution in [3.8, 4) is 5.75 Å². The highest BCUT2D eigenvalue weighted by Gasteiger charge is 2.42. The zero-order chi connectivity index (χ0) is 21.7. The molecule has 1 atom stereocenters. The van der Waals surface area contributed by atoms with Crippen LogP contribution >= 0.6 is 0 Å². The van der Waals surface area contributed by atoms with Crippen molar-refractivity contribution in [1.29, 1.82) is 0 Å². The van der Waals surface area contributed by atoms with Crippen molar-refractivity contribution in [2.45, 2.75) is 18.9 Å². The summed E-state index contributed by atoms with van der Waals surface area (Å²) in [5.74, 6) is -0.459. The summed E-state index contributed by atoms with van der Waals surface area (Å²) in [6.07, 6.45) is 0.780. The smallest absolute Gasteiger partial charge is 0.290 e. The number of aryl methyl sites for hydroxylation is 1. The molecule has 30 heavy (non-hydrogen) atoms. The molecule has 158 valence electrons. The number of carbonyl (C=O) groups is 2. The molecular weight excluding hydrogens is 380 g/mol. The SMILES string of the molecule is COc1ccc(C2C(C(=O)CCc3ccccc3)=C(O)C(=O)N2CCN(C)C)cc1. The van der Waals surface area contributed by atoms with Crippen molar-refractivity contribution < 1.29 is 19.4 Å². The molecule has 0 fully saturated rings. The van der Waals surface area contributed by atoms with Crippen LogP contribution in [0.1, 0.15) is 23.6 Å². The van der Waals surface area contributed by atoms with E-state index in [1.54, 1.807) is 24.1 Å². The van der Waals surface area contributed by atoms with Gasteiger partial charge in [0.15, 0.2) is 11.5 Å². The third kappa shape index (κ3) is 4.71. The fourth-order valence-corrected chi connectivity index (χ4v) is 3.65. The third-order valence-corrected chi connectivity index (χ3v) is 5.31. The van der Waals surface area contributed by atoms with Crippen LogP contribution in [0, 0.1) is 0 Å². The number of aliphatic hydroxyl groups excluding tert-OH is 1. The van der Waals surface area contributed by atoms with Gasteiger partial charge in [0.05, 0.1) is 18.7 Å². The molecule has 1 aliphatic heterocycles. The van der Waals surface area contributed by atoms with E-state index in [1.807, 2.05) is 61.5 Å². The minimum absolute atomic E-state index is 0.180. The van der Waals surface area contributed by atoms with Crippen LogP contribution in [-0.4, -0.2) is 60.9 Å². The summed E-state index contributed by atoms with van der Waals surface area (Å²) in [5.41, 5.74) is 2.00. The number of Topliss-reactive ketones (excluding diaryl/α,β-unsaturated/α-hetero) is 1. The molecule has 1 unspecified atom stereocenters. The zero-order valence-corrected chi connectivity index (χ0v) is 17.7. The predicted octanol–water partition coefficient (Wildman–Crippen LogP) is 3.15. The van der Waals surface area contributed by atoms with E-state index in [0.29, 0.717) is 25.3 Å². The molecule has 0 radical (unpaired) electrons. The lowest BCUT2D eigenvalue weighted by atomic mass is 9.93. The quantitative estimate of drug-likeness (QED) is 0.690. The summed E-state index contributed by atoms with van der Waals surface area (Å²) < 4.78 is 5.23. The zero-order valence-electron chi connectivity index (χ0n) is 17.7. The minimum atomic E-state index is -0.605. The molecule has 2 aromatic carbocycles. The molecule has 2 aromatic rings. The molecule has 1 amide bonds. The fourth-order valence-electron chi connectivity index (χ4n) is 3.65. The molecule has 0 aliphatic carbocycles. The number of hydrogen-bond donors (Lipinski definition) is 1. The van der Waals surface area contributed by atoms with Gasteiger partial charge in [-0.3, -0.25) is 9.59 Å². The number of nitrogens with zero attached hydrogens (tertiary/aromatic N) is 2. The van der Waals surface area contributed by atoms with Gasteiger partial charge in [0.2, 0.25) is 0 Å². The van der Waals surface area contributed by atoms with E-state index < -0.39 is 17.7 Å². The Kier molecular flexibility index (Phi) is 6.90. The van der Waals surface area contributed by atoms with Gasteiger partial charge in [0, 0.05) is 19.5 Å². The fraction of sp³-hybridized carbons (Fsp3) is 0.333. The average molecular weight is 408 g/mol. The molecule has 0 saturated heterocycles. The molecule has 1 aliphatic rings. The van der Waals surface area contributed by atoms with Gasteiger partial charge in [-0.1, -0.05) is 42.5 Å². The highest BCUT2D eigenvalue weighted by Crippen LogP contribution is 2.38. The number of methoxy groups -OCH3 is 1. The third-order valence-electron chi connectivity index (χ3n) is 5.31. The average Bonchev–Trinajstić information content (AvgIpc) is 3.01. The van der Waals surface area contributed by atoms with E-state index in [-0.39, 0.29) is 17.8 Å². The Morgan fingerprint density at radius 1 is 1.10 bits per heavy atom. The van der Waals surface area contributed by atoms with E-state index in [4.69, 9.17) is 4.74 Å². The maximum Gasteiger partial charge on any atom is 0.290 e. The number of likely N-dealkylation sites (N-methyl/N-ethyl adjacent to an activating group) is 1. The van der Waals surface area contributed by atoms with Gasteiger partial charge in [-0.25, -0.2) is 0 Å². The number of hydrogen-bond acceptors (Lipinski definition) is 5. The van der Waals surface area contributed by atoms with Crippen molar-refractivity contribution in [2.24, 2.45) is 0 Å². The van der Waals surface area contributed by atoms with E-state index >= 15 is 0 Å². The highest BCUT2D eigenvalue weighted by atomic mass is 16.5. The van der Waals surface area contributed by atoms with E-state index in [0.717, 1.165) is 11.1 Å². The van der Waals surface area contributed by atoms with Gasteiger partial charge < -0.3 is 19.6 Å². The lowest BCUT2D eigenvalue weighted by Crippen LogP contribution is -2.36. The van der Waals surface area contributed by atoms with E-state index in [1.165, 1.54) is 0 Å². The summed E-state index contributed by atoms with van der Waals surface area (Å²) in [4.78, 5) is 29.5. The maximum absolute atomic E-state index is 13.1. The summed E-state index contributed by atoms with van der Waals surface area (Å²) >= 11 is 0. The van der Waals surface area contributed by atoms with Crippen molar-refractivity contribution in [2.75, 3.05) is 34.3 Å². The molecule has 3 rings (SSSR count). The summed E-state index contributed by atoms with van der Waals surface area (Å²) in [7, 11) is 5.42. The Balaban J connectivity index is 1.90. The Morgan fingerprint density at radius 3 is 2.37 bits per heavy atom. The largest absolute Gasteiger partial charge is 0.503 e. The van der Waals surface area contributed by atoms with Crippen molar-refractivity contribution in [3.05, 3.63) is 77.1 Å². The number of ketones is 1. The van der Waals surface area contributed by atoms with Gasteiger partial charge in [-0.2, -0.15) is 0 Å². The van der Waals surface area contributed by atoms with Crippen LogP contribution in [0.3, 0.4) is 0 Å². The molecule has 1 N–H and O–H groups in total. The second kappa shape index (κ2) is 9.59. The van der Waals surface area contributed by atoms with Crippen LogP contribution in [0.15, 0.2) is 65.9 Å². The summed E-state index contributed by atoms with van der Waals surface area (Å²) in [6, 6.07) is 16.4. The van der Waals surface area contributed by atoms with Crippen molar-refractivity contribution in [1.82, 2.24) is 9.80 Å². The van der Waals surface area contributed by atoms with Gasteiger partial charge >= 0.3 is 0 Å². The van der Waals surface area contributed by atoms with E-state index in [9.17, 15) is 14.7 Å². The molecule has 0 aromatic heterocycles. The number of ether oxygens (including phenoxy) is 1. The lowest BCUT2D eigenvalue weighted by Gasteiger charge is -2.28. The monoisotopic (exact) mass is 408 g/mol. The molecular formula is C24H28N2O4. The molecule has 0 bridgehead atoms. The van der Waals surface area contributed by atoms with E-state index in [2.05, 4.69) is 0 Å². The lowest BCUT2D eigenvalue weighted by molar-refractivity contribution is -0.129. The number of rotatable bonds is 9. The summed E-state index contributed by atoms with van der Waals surface area (Å²) in [5, 5.41) is 10.6. The first-order valence-electron chi connectivity index (χ1n) is 10.0. The van der Waals surface area contributed by atoms with Gasteiger partial charge in [-0.15, -0.1) is 0 Å². The van der Waals surface area contributed by atoms with Crippen LogP contribution in [0.2, 0.25) is 0 Å². The standard InChI is InChI=1S/C24H28N2O4/c1-25(2)15-16-26-22(18-10-12-19(30-3)13-11-18)21(23(28)24(26)29)20(27)14-9-17-7-5-4-6-8-17/h4-8,10-13,22,28H,9,14-16H2,1-3H3. The molecule has 1 heterocycles. The van der Waals surface area contributed by atoms with Crippen LogP contribution in [0.4, 0.5) is 0 Å². The Morgan fingerprint density at radius 2 is 1.77 bits per heavy atom. The number of amides is 1. The predicted molar refractivity (Wildman–Crippen MR) is 115 cm³/mol. The normalized spacial score (nSPS) is 16.5. The Hall–Kier alpha value is -3.12. The van der Waals surface area contributed by atoms with Crippen LogP contribution in [0.5, 0.6) is 5.75 Å². The van der Waals surface area contributed by atoms with Crippen molar-refractivity contribution >= 4 is 11.7 Å². The topological polar surface area (TPSA) is 70.1 Å². The number of aliphatic hydroxyl groups is 1. The maximum atomic E-state index is 13.1. The Bertz CT molecular complexity index is 920. The first-order valence-corrected chi connectivity index (χ1v) is 10.0. The number of carbonyl (C=O) groups excluding carboxylic acids is 2.